The van der Waals surface area contributed by atoms with E-state index in [0.29, 0.717) is 6.42 Å². The van der Waals surface area contributed by atoms with Gasteiger partial charge in [-0.15, -0.1) is 0 Å². The lowest BCUT2D eigenvalue weighted by Crippen LogP contribution is -2.17. The summed E-state index contributed by atoms with van der Waals surface area (Å²) in [6.45, 7) is 1.91. The molecule has 2 unspecified atom stereocenters. The molecule has 0 fully saturated rings. The number of carboxylic acids is 1. The van der Waals surface area contributed by atoms with E-state index in [1.165, 1.54) is 0 Å². The van der Waals surface area contributed by atoms with Crippen molar-refractivity contribution in [3.63, 3.8) is 0 Å². The van der Waals surface area contributed by atoms with E-state index in [4.69, 9.17) is 5.11 Å². The van der Waals surface area contributed by atoms with Crippen molar-refractivity contribution in [2.45, 2.75) is 17.3 Å². The number of hydrogen-bond donors (Lipinski definition) is 1. The largest absolute Gasteiger partial charge is 0.481 e. The molecular formula is C11H13IO2. The summed E-state index contributed by atoms with van der Waals surface area (Å²) in [5, 5.41) is 9.00. The maximum absolute atomic E-state index is 10.9. The van der Waals surface area contributed by atoms with Gasteiger partial charge in [-0.2, -0.15) is 0 Å². The summed E-state index contributed by atoms with van der Waals surface area (Å²) in [6.07, 6.45) is 0.665. The topological polar surface area (TPSA) is 37.3 Å². The summed E-state index contributed by atoms with van der Waals surface area (Å²) in [5.74, 6) is -1.01. The van der Waals surface area contributed by atoms with Gasteiger partial charge in [-0.3, -0.25) is 4.79 Å². The molecule has 76 valence electrons. The van der Waals surface area contributed by atoms with E-state index in [9.17, 15) is 4.79 Å². The predicted octanol–water partition coefficient (Wildman–Crippen LogP) is 3.27. The number of hydrogen-bond acceptors (Lipinski definition) is 1. The minimum absolute atomic E-state index is 0.0521. The maximum Gasteiger partial charge on any atom is 0.307 e. The highest BCUT2D eigenvalue weighted by Gasteiger charge is 2.24. The van der Waals surface area contributed by atoms with Crippen LogP contribution in [-0.4, -0.2) is 11.1 Å². The van der Waals surface area contributed by atoms with Gasteiger partial charge in [0.25, 0.3) is 0 Å². The van der Waals surface area contributed by atoms with E-state index < -0.39 is 5.97 Å². The summed E-state index contributed by atoms with van der Waals surface area (Å²) in [7, 11) is 0. The van der Waals surface area contributed by atoms with Crippen LogP contribution in [0, 0.1) is 5.92 Å². The predicted molar refractivity (Wildman–Crippen MR) is 64.6 cm³/mol. The highest BCUT2D eigenvalue weighted by atomic mass is 127. The van der Waals surface area contributed by atoms with Crippen molar-refractivity contribution in [2.75, 3.05) is 0 Å². The maximum atomic E-state index is 10.9. The van der Waals surface area contributed by atoms with Crippen LogP contribution in [0.15, 0.2) is 30.3 Å². The Labute approximate surface area is 97.5 Å². The van der Waals surface area contributed by atoms with Crippen LogP contribution < -0.4 is 0 Å². The number of carbonyl (C=O) groups is 1. The fourth-order valence-corrected chi connectivity index (χ4v) is 2.61. The molecule has 0 aliphatic rings. The monoisotopic (exact) mass is 304 g/mol. The van der Waals surface area contributed by atoms with Gasteiger partial charge in [0, 0.05) is 3.92 Å². The van der Waals surface area contributed by atoms with Gasteiger partial charge >= 0.3 is 5.97 Å². The number of benzene rings is 1. The number of carboxylic acid groups (broad SMARTS) is 1. The molecule has 14 heavy (non-hydrogen) atoms. The van der Waals surface area contributed by atoms with E-state index in [1.807, 2.05) is 37.3 Å². The van der Waals surface area contributed by atoms with Crippen molar-refractivity contribution >= 4 is 28.6 Å². The van der Waals surface area contributed by atoms with Crippen LogP contribution in [0.2, 0.25) is 0 Å². The minimum Gasteiger partial charge on any atom is -0.481 e. The number of aliphatic carboxylic acids is 1. The van der Waals surface area contributed by atoms with E-state index in [1.54, 1.807) is 0 Å². The molecule has 1 aromatic carbocycles. The molecule has 3 heteroatoms. The first-order chi connectivity index (χ1) is 6.66. The zero-order valence-corrected chi connectivity index (χ0v) is 10.1. The van der Waals surface area contributed by atoms with Gasteiger partial charge in [-0.1, -0.05) is 59.8 Å². The molecule has 0 aliphatic heterocycles. The molecule has 1 rings (SSSR count). The molecule has 0 radical (unpaired) electrons. The number of halogens is 1. The Balaban J connectivity index is 2.83. The van der Waals surface area contributed by atoms with E-state index >= 15 is 0 Å². The lowest BCUT2D eigenvalue weighted by atomic mass is 9.97. The van der Waals surface area contributed by atoms with Crippen LogP contribution >= 0.6 is 22.6 Å². The number of rotatable bonds is 4. The van der Waals surface area contributed by atoms with Crippen LogP contribution in [0.3, 0.4) is 0 Å². The van der Waals surface area contributed by atoms with Crippen molar-refractivity contribution < 1.29 is 9.90 Å². The third-order valence-electron chi connectivity index (χ3n) is 2.23. The first-order valence-corrected chi connectivity index (χ1v) is 5.83. The normalized spacial score (nSPS) is 14.7. The Morgan fingerprint density at radius 3 is 2.43 bits per heavy atom. The van der Waals surface area contributed by atoms with Gasteiger partial charge in [-0.05, 0) is 12.0 Å². The van der Waals surface area contributed by atoms with Crippen LogP contribution in [0.4, 0.5) is 0 Å². The second-order valence-electron chi connectivity index (χ2n) is 3.17. The third kappa shape index (κ3) is 2.70. The molecule has 2 atom stereocenters. The fraction of sp³-hybridized carbons (Fsp3) is 0.364. The Kier molecular flexibility index (Phi) is 4.38. The average Bonchev–Trinajstić information content (AvgIpc) is 2.19. The van der Waals surface area contributed by atoms with E-state index in [2.05, 4.69) is 22.6 Å². The molecule has 0 aliphatic carbocycles. The summed E-state index contributed by atoms with van der Waals surface area (Å²) in [4.78, 5) is 10.9. The van der Waals surface area contributed by atoms with Crippen molar-refractivity contribution in [1.29, 1.82) is 0 Å². The van der Waals surface area contributed by atoms with Crippen LogP contribution in [-0.2, 0) is 4.79 Å². The van der Waals surface area contributed by atoms with Crippen LogP contribution in [0.25, 0.3) is 0 Å². The minimum atomic E-state index is -0.712. The lowest BCUT2D eigenvalue weighted by molar-refractivity contribution is -0.141. The Hall–Kier alpha value is -0.580. The van der Waals surface area contributed by atoms with Gasteiger partial charge in [0.1, 0.15) is 0 Å². The van der Waals surface area contributed by atoms with Crippen LogP contribution in [0.1, 0.15) is 22.8 Å². The molecule has 2 nitrogen and oxygen atoms in total. The summed E-state index contributed by atoms with van der Waals surface area (Å²) >= 11 is 2.20. The molecule has 0 heterocycles. The number of alkyl halides is 1. The zero-order chi connectivity index (χ0) is 10.6. The SMILES string of the molecule is CCC(C(=O)O)C(I)c1ccccc1. The summed E-state index contributed by atoms with van der Waals surface area (Å²) in [5.41, 5.74) is 1.09. The second-order valence-corrected chi connectivity index (χ2v) is 4.51. The second kappa shape index (κ2) is 5.34. The molecule has 0 saturated carbocycles. The van der Waals surface area contributed by atoms with Gasteiger partial charge in [-0.25, -0.2) is 0 Å². The molecule has 1 aromatic rings. The van der Waals surface area contributed by atoms with Crippen molar-refractivity contribution in [2.24, 2.45) is 5.92 Å². The summed E-state index contributed by atoms with van der Waals surface area (Å²) < 4.78 is 0.0521. The van der Waals surface area contributed by atoms with Crippen LogP contribution in [0.5, 0.6) is 0 Å². The molecule has 1 N–H and O–H groups in total. The van der Waals surface area contributed by atoms with Gasteiger partial charge in [0.15, 0.2) is 0 Å². The highest BCUT2D eigenvalue weighted by molar-refractivity contribution is 14.1. The molecule has 0 bridgehead atoms. The van der Waals surface area contributed by atoms with E-state index in [0.717, 1.165) is 5.56 Å². The van der Waals surface area contributed by atoms with Gasteiger partial charge in [0.2, 0.25) is 0 Å². The van der Waals surface area contributed by atoms with Gasteiger partial charge < -0.3 is 5.11 Å². The molecular weight excluding hydrogens is 291 g/mol. The van der Waals surface area contributed by atoms with E-state index in [-0.39, 0.29) is 9.84 Å². The fourth-order valence-electron chi connectivity index (χ4n) is 1.38. The smallest absolute Gasteiger partial charge is 0.307 e. The molecule has 0 amide bonds. The van der Waals surface area contributed by atoms with Crippen molar-refractivity contribution in [3.8, 4) is 0 Å². The Bertz CT molecular complexity index is 297. The first kappa shape index (κ1) is 11.5. The van der Waals surface area contributed by atoms with Crippen molar-refractivity contribution in [3.05, 3.63) is 35.9 Å². The van der Waals surface area contributed by atoms with Crippen molar-refractivity contribution in [1.82, 2.24) is 0 Å². The third-order valence-corrected chi connectivity index (χ3v) is 3.82. The van der Waals surface area contributed by atoms with Gasteiger partial charge in [0.05, 0.1) is 5.92 Å². The first-order valence-electron chi connectivity index (χ1n) is 4.58. The molecule has 0 saturated heterocycles. The molecule has 0 spiro atoms. The zero-order valence-electron chi connectivity index (χ0n) is 7.98. The standard InChI is InChI=1S/C11H13IO2/c1-2-9(11(13)14)10(12)8-6-4-3-5-7-8/h3-7,9-10H,2H2,1H3,(H,13,14). The summed E-state index contributed by atoms with van der Waals surface area (Å²) in [6, 6.07) is 9.77. The quantitative estimate of drug-likeness (QED) is 0.685. The lowest BCUT2D eigenvalue weighted by Gasteiger charge is -2.17. The Morgan fingerprint density at radius 1 is 1.43 bits per heavy atom. The average molecular weight is 304 g/mol. The molecule has 0 aromatic heterocycles. The Morgan fingerprint density at radius 2 is 2.00 bits per heavy atom. The highest BCUT2D eigenvalue weighted by Crippen LogP contribution is 2.33.